The maximum Gasteiger partial charge on any atom is 0.306 e. The van der Waals surface area contributed by atoms with E-state index in [-0.39, 0.29) is 24.7 Å². The number of para-hydroxylation sites is 1. The van der Waals surface area contributed by atoms with Gasteiger partial charge < -0.3 is 19.5 Å². The molecule has 1 N–H and O–H groups in total. The van der Waals surface area contributed by atoms with Crippen molar-refractivity contribution in [2.45, 2.75) is 19.8 Å². The number of benzene rings is 2. The fourth-order valence-corrected chi connectivity index (χ4v) is 2.14. The molecule has 0 saturated carbocycles. The van der Waals surface area contributed by atoms with Gasteiger partial charge in [-0.3, -0.25) is 9.59 Å². The molecule has 138 valence electrons. The predicted molar refractivity (Wildman–Crippen MR) is 98.4 cm³/mol. The largest absolute Gasteiger partial charge is 0.490 e. The van der Waals surface area contributed by atoms with Crippen molar-refractivity contribution in [3.63, 3.8) is 0 Å². The average Bonchev–Trinajstić information content (AvgIpc) is 2.66. The van der Waals surface area contributed by atoms with Crippen molar-refractivity contribution in [2.24, 2.45) is 0 Å². The van der Waals surface area contributed by atoms with E-state index in [1.54, 1.807) is 31.2 Å². The standard InChI is InChI=1S/C20H23NO5/c1-2-24-20(23)13-12-19(22)21-16-8-10-18(11-9-16)26-15-14-25-17-6-4-3-5-7-17/h3-11H,2,12-15H2,1H3,(H,21,22). The third kappa shape index (κ3) is 7.25. The summed E-state index contributed by atoms with van der Waals surface area (Å²) in [4.78, 5) is 23.0. The van der Waals surface area contributed by atoms with E-state index >= 15 is 0 Å². The Bertz CT molecular complexity index is 685. The summed E-state index contributed by atoms with van der Waals surface area (Å²) in [5.41, 5.74) is 0.645. The Morgan fingerprint density at radius 1 is 0.846 bits per heavy atom. The first kappa shape index (κ1) is 19.3. The maximum atomic E-state index is 11.8. The molecule has 1 amide bonds. The van der Waals surface area contributed by atoms with Crippen molar-refractivity contribution >= 4 is 17.6 Å². The van der Waals surface area contributed by atoms with E-state index in [2.05, 4.69) is 5.32 Å². The summed E-state index contributed by atoms with van der Waals surface area (Å²) in [6, 6.07) is 16.6. The summed E-state index contributed by atoms with van der Waals surface area (Å²) in [6.45, 7) is 2.91. The molecule has 0 radical (unpaired) electrons. The molecule has 0 aliphatic heterocycles. The van der Waals surface area contributed by atoms with Gasteiger partial charge in [0.15, 0.2) is 0 Å². The molecule has 0 atom stereocenters. The maximum absolute atomic E-state index is 11.8. The molecule has 26 heavy (non-hydrogen) atoms. The molecule has 2 rings (SSSR count). The number of hydrogen-bond donors (Lipinski definition) is 1. The van der Waals surface area contributed by atoms with Gasteiger partial charge in [0.1, 0.15) is 24.7 Å². The van der Waals surface area contributed by atoms with Crippen LogP contribution in [0.1, 0.15) is 19.8 Å². The zero-order valence-corrected chi connectivity index (χ0v) is 14.8. The number of nitrogens with one attached hydrogen (secondary N) is 1. The van der Waals surface area contributed by atoms with Crippen molar-refractivity contribution in [1.82, 2.24) is 0 Å². The second kappa shape index (κ2) is 10.8. The lowest BCUT2D eigenvalue weighted by molar-refractivity contribution is -0.144. The molecule has 2 aromatic rings. The van der Waals surface area contributed by atoms with Gasteiger partial charge in [-0.2, -0.15) is 0 Å². The Labute approximate surface area is 153 Å². The predicted octanol–water partition coefficient (Wildman–Crippen LogP) is 3.43. The van der Waals surface area contributed by atoms with Crippen molar-refractivity contribution in [3.05, 3.63) is 54.6 Å². The zero-order chi connectivity index (χ0) is 18.6. The summed E-state index contributed by atoms with van der Waals surface area (Å²) in [5, 5.41) is 2.73. The van der Waals surface area contributed by atoms with Gasteiger partial charge in [-0.1, -0.05) is 18.2 Å². The van der Waals surface area contributed by atoms with E-state index in [0.717, 1.165) is 5.75 Å². The van der Waals surface area contributed by atoms with E-state index in [1.807, 2.05) is 30.3 Å². The number of carbonyl (C=O) groups is 2. The number of ether oxygens (including phenoxy) is 3. The van der Waals surface area contributed by atoms with Gasteiger partial charge in [0.25, 0.3) is 0 Å². The summed E-state index contributed by atoms with van der Waals surface area (Å²) < 4.78 is 15.9. The van der Waals surface area contributed by atoms with Crippen LogP contribution in [0, 0.1) is 0 Å². The lowest BCUT2D eigenvalue weighted by Gasteiger charge is -2.09. The first-order valence-corrected chi connectivity index (χ1v) is 8.53. The molecule has 0 spiro atoms. The Hall–Kier alpha value is -3.02. The fraction of sp³-hybridized carbons (Fsp3) is 0.300. The van der Waals surface area contributed by atoms with Crippen LogP contribution in [0.5, 0.6) is 11.5 Å². The Balaban J connectivity index is 1.67. The minimum atomic E-state index is -0.371. The van der Waals surface area contributed by atoms with Gasteiger partial charge in [-0.05, 0) is 43.3 Å². The van der Waals surface area contributed by atoms with Gasteiger partial charge in [0.2, 0.25) is 5.91 Å². The lowest BCUT2D eigenvalue weighted by Crippen LogP contribution is -2.14. The molecule has 0 aromatic heterocycles. The van der Waals surface area contributed by atoms with Gasteiger partial charge >= 0.3 is 5.97 Å². The fourth-order valence-electron chi connectivity index (χ4n) is 2.14. The molecular formula is C20H23NO5. The van der Waals surface area contributed by atoms with Crippen LogP contribution >= 0.6 is 0 Å². The second-order valence-electron chi connectivity index (χ2n) is 5.39. The molecule has 0 saturated heterocycles. The van der Waals surface area contributed by atoms with Crippen LogP contribution in [0.4, 0.5) is 5.69 Å². The van der Waals surface area contributed by atoms with Gasteiger partial charge in [0.05, 0.1) is 13.0 Å². The topological polar surface area (TPSA) is 73.9 Å². The van der Waals surface area contributed by atoms with E-state index in [1.165, 1.54) is 0 Å². The molecule has 0 aliphatic rings. The third-order valence-corrected chi connectivity index (χ3v) is 3.36. The summed E-state index contributed by atoms with van der Waals surface area (Å²) in [7, 11) is 0. The van der Waals surface area contributed by atoms with E-state index < -0.39 is 0 Å². The number of hydrogen-bond acceptors (Lipinski definition) is 5. The SMILES string of the molecule is CCOC(=O)CCC(=O)Nc1ccc(OCCOc2ccccc2)cc1. The number of rotatable bonds is 10. The van der Waals surface area contributed by atoms with E-state index in [0.29, 0.717) is 31.3 Å². The minimum Gasteiger partial charge on any atom is -0.490 e. The molecular weight excluding hydrogens is 334 g/mol. The molecule has 2 aromatic carbocycles. The Kier molecular flexibility index (Phi) is 7.99. The normalized spacial score (nSPS) is 10.0. The van der Waals surface area contributed by atoms with Gasteiger partial charge in [0, 0.05) is 12.1 Å². The van der Waals surface area contributed by atoms with Crippen molar-refractivity contribution < 1.29 is 23.8 Å². The highest BCUT2D eigenvalue weighted by Gasteiger charge is 2.08. The number of esters is 1. The molecule has 0 heterocycles. The van der Waals surface area contributed by atoms with Crippen LogP contribution in [-0.2, 0) is 14.3 Å². The van der Waals surface area contributed by atoms with Crippen molar-refractivity contribution in [2.75, 3.05) is 25.1 Å². The molecule has 0 fully saturated rings. The average molecular weight is 357 g/mol. The molecule has 0 bridgehead atoms. The zero-order valence-electron chi connectivity index (χ0n) is 14.8. The van der Waals surface area contributed by atoms with Crippen LogP contribution in [0.25, 0.3) is 0 Å². The summed E-state index contributed by atoms with van der Waals surface area (Å²) >= 11 is 0. The smallest absolute Gasteiger partial charge is 0.306 e. The van der Waals surface area contributed by atoms with Crippen LogP contribution < -0.4 is 14.8 Å². The van der Waals surface area contributed by atoms with Crippen molar-refractivity contribution in [1.29, 1.82) is 0 Å². The molecule has 6 heteroatoms. The Morgan fingerprint density at radius 3 is 2.08 bits per heavy atom. The van der Waals surface area contributed by atoms with Crippen LogP contribution in [-0.4, -0.2) is 31.7 Å². The molecule has 0 unspecified atom stereocenters. The van der Waals surface area contributed by atoms with Crippen LogP contribution in [0.2, 0.25) is 0 Å². The summed E-state index contributed by atoms with van der Waals surface area (Å²) in [5.74, 6) is 0.885. The quantitative estimate of drug-likeness (QED) is 0.521. The van der Waals surface area contributed by atoms with E-state index in [9.17, 15) is 9.59 Å². The molecule has 0 aliphatic carbocycles. The lowest BCUT2D eigenvalue weighted by atomic mass is 10.2. The van der Waals surface area contributed by atoms with Gasteiger partial charge in [-0.15, -0.1) is 0 Å². The van der Waals surface area contributed by atoms with Crippen molar-refractivity contribution in [3.8, 4) is 11.5 Å². The van der Waals surface area contributed by atoms with Gasteiger partial charge in [-0.25, -0.2) is 0 Å². The number of anilines is 1. The molecule has 6 nitrogen and oxygen atoms in total. The highest BCUT2D eigenvalue weighted by atomic mass is 16.5. The van der Waals surface area contributed by atoms with E-state index in [4.69, 9.17) is 14.2 Å². The monoisotopic (exact) mass is 357 g/mol. The third-order valence-electron chi connectivity index (χ3n) is 3.36. The van der Waals surface area contributed by atoms with Crippen LogP contribution in [0.15, 0.2) is 54.6 Å². The highest BCUT2D eigenvalue weighted by Crippen LogP contribution is 2.16. The second-order valence-corrected chi connectivity index (χ2v) is 5.39. The first-order chi connectivity index (χ1) is 12.7. The number of amides is 1. The first-order valence-electron chi connectivity index (χ1n) is 8.53. The summed E-state index contributed by atoms with van der Waals surface area (Å²) in [6.07, 6.45) is 0.163. The minimum absolute atomic E-state index is 0.0717. The number of carbonyl (C=O) groups excluding carboxylic acids is 2. The Morgan fingerprint density at radius 2 is 1.46 bits per heavy atom. The highest BCUT2D eigenvalue weighted by molar-refractivity contribution is 5.92. The van der Waals surface area contributed by atoms with Crippen LogP contribution in [0.3, 0.4) is 0 Å².